The average Bonchev–Trinajstić information content (AvgIpc) is 3.21. The van der Waals surface area contributed by atoms with Gasteiger partial charge in [0.15, 0.2) is 11.5 Å². The summed E-state index contributed by atoms with van der Waals surface area (Å²) in [5, 5.41) is 2.93. The van der Waals surface area contributed by atoms with E-state index in [1.807, 2.05) is 24.3 Å². The van der Waals surface area contributed by atoms with Gasteiger partial charge in [0, 0.05) is 42.8 Å². The highest BCUT2D eigenvalue weighted by Gasteiger charge is 2.29. The van der Waals surface area contributed by atoms with Crippen molar-refractivity contribution in [3.63, 3.8) is 0 Å². The average molecular weight is 430 g/mol. The predicted octanol–water partition coefficient (Wildman–Crippen LogP) is 3.57. The molecule has 8 heteroatoms. The van der Waals surface area contributed by atoms with Crippen LogP contribution in [0.1, 0.15) is 12.8 Å². The maximum Gasteiger partial charge on any atom is 0.237 e. The highest BCUT2D eigenvalue weighted by molar-refractivity contribution is 8.01. The summed E-state index contributed by atoms with van der Waals surface area (Å²) < 4.78 is 24.0. The van der Waals surface area contributed by atoms with E-state index in [-0.39, 0.29) is 23.8 Å². The minimum atomic E-state index is -0.199. The van der Waals surface area contributed by atoms with E-state index in [1.54, 1.807) is 11.8 Å². The summed E-state index contributed by atoms with van der Waals surface area (Å²) in [7, 11) is 0. The Bertz CT molecular complexity index is 932. The van der Waals surface area contributed by atoms with Gasteiger partial charge >= 0.3 is 0 Å². The number of halogens is 1. The number of hydrogen-bond donors (Lipinski definition) is 1. The van der Waals surface area contributed by atoms with Crippen LogP contribution in [-0.4, -0.2) is 55.6 Å². The third-order valence-corrected chi connectivity index (χ3v) is 7.13. The summed E-state index contributed by atoms with van der Waals surface area (Å²) in [4.78, 5) is 18.3. The van der Waals surface area contributed by atoms with E-state index in [0.717, 1.165) is 67.6 Å². The molecule has 5 rings (SSSR count). The van der Waals surface area contributed by atoms with Crippen molar-refractivity contribution in [1.82, 2.24) is 4.90 Å². The minimum absolute atomic E-state index is 0.0625. The van der Waals surface area contributed by atoms with Crippen LogP contribution in [0.3, 0.4) is 0 Å². The van der Waals surface area contributed by atoms with Gasteiger partial charge in [-0.1, -0.05) is 0 Å². The number of fused-ring (bicyclic) bond motifs is 2. The minimum Gasteiger partial charge on any atom is -0.454 e. The summed E-state index contributed by atoms with van der Waals surface area (Å²) in [6.45, 7) is 5.04. The zero-order valence-corrected chi connectivity index (χ0v) is 17.4. The molecular formula is C22H24FN3O3S. The molecule has 1 fully saturated rings. The van der Waals surface area contributed by atoms with Crippen LogP contribution in [0.5, 0.6) is 11.5 Å². The van der Waals surface area contributed by atoms with Crippen LogP contribution in [-0.2, 0) is 4.79 Å². The number of ether oxygens (including phenoxy) is 2. The Morgan fingerprint density at radius 2 is 1.80 bits per heavy atom. The fourth-order valence-corrected chi connectivity index (χ4v) is 5.28. The number of rotatable bonds is 5. The second kappa shape index (κ2) is 8.35. The highest BCUT2D eigenvalue weighted by Crippen LogP contribution is 2.45. The first-order valence-corrected chi connectivity index (χ1v) is 11.2. The topological polar surface area (TPSA) is 54.0 Å². The number of carbonyl (C=O) groups excluding carboxylic acids is 1. The van der Waals surface area contributed by atoms with Gasteiger partial charge in [-0.2, -0.15) is 0 Å². The van der Waals surface area contributed by atoms with E-state index in [1.165, 1.54) is 12.1 Å². The maximum atomic E-state index is 13.1. The maximum absolute atomic E-state index is 13.1. The first kappa shape index (κ1) is 19.5. The molecule has 3 aliphatic rings. The first-order chi connectivity index (χ1) is 14.7. The van der Waals surface area contributed by atoms with Crippen LogP contribution in [0.25, 0.3) is 0 Å². The molecule has 0 bridgehead atoms. The van der Waals surface area contributed by atoms with Gasteiger partial charge < -0.3 is 19.7 Å². The fraction of sp³-hybridized carbons (Fsp3) is 0.409. The molecule has 1 amide bonds. The number of thioether (sulfide) groups is 1. The van der Waals surface area contributed by atoms with E-state index in [2.05, 4.69) is 15.1 Å². The zero-order chi connectivity index (χ0) is 20.5. The lowest BCUT2D eigenvalue weighted by Crippen LogP contribution is -2.46. The van der Waals surface area contributed by atoms with Crippen LogP contribution in [0.2, 0.25) is 0 Å². The molecule has 1 atom stereocenters. The molecule has 6 nitrogen and oxygen atoms in total. The summed E-state index contributed by atoms with van der Waals surface area (Å²) in [5.74, 6) is 1.30. The Kier molecular flexibility index (Phi) is 5.43. The monoisotopic (exact) mass is 429 g/mol. The van der Waals surface area contributed by atoms with Gasteiger partial charge in [0.25, 0.3) is 0 Å². The second-order valence-electron chi connectivity index (χ2n) is 7.74. The molecule has 0 spiro atoms. The molecule has 1 unspecified atom stereocenters. The standard InChI is InChI=1S/C22H24FN3O3S/c23-15-3-5-16(6-4-15)26-10-8-25(9-11-26)7-1-2-20-22(27)24-17-12-18-19(29-14-28-18)13-21(17)30-20/h3-6,12-13,20H,1-2,7-11,14H2,(H,24,27). The van der Waals surface area contributed by atoms with Crippen molar-refractivity contribution in [2.75, 3.05) is 49.7 Å². The summed E-state index contributed by atoms with van der Waals surface area (Å²) >= 11 is 1.61. The number of nitrogens with zero attached hydrogens (tertiary/aromatic N) is 2. The number of hydrogen-bond acceptors (Lipinski definition) is 6. The number of nitrogens with one attached hydrogen (secondary N) is 1. The quantitative estimate of drug-likeness (QED) is 0.784. The van der Waals surface area contributed by atoms with E-state index < -0.39 is 0 Å². The van der Waals surface area contributed by atoms with Gasteiger partial charge in [-0.15, -0.1) is 11.8 Å². The number of piperazine rings is 1. The number of anilines is 2. The highest BCUT2D eigenvalue weighted by atomic mass is 32.2. The van der Waals surface area contributed by atoms with Gasteiger partial charge in [-0.05, 0) is 49.7 Å². The van der Waals surface area contributed by atoms with E-state index in [0.29, 0.717) is 5.75 Å². The molecule has 0 radical (unpaired) electrons. The molecule has 3 heterocycles. The molecule has 0 saturated carbocycles. The van der Waals surface area contributed by atoms with Crippen LogP contribution in [0, 0.1) is 5.82 Å². The summed E-state index contributed by atoms with van der Waals surface area (Å²) in [5.41, 5.74) is 1.88. The Morgan fingerprint density at radius 1 is 1.07 bits per heavy atom. The first-order valence-electron chi connectivity index (χ1n) is 10.3. The van der Waals surface area contributed by atoms with Gasteiger partial charge in [0.2, 0.25) is 12.7 Å². The molecule has 0 aromatic heterocycles. The van der Waals surface area contributed by atoms with Crippen LogP contribution in [0.15, 0.2) is 41.3 Å². The Hall–Kier alpha value is -2.45. The summed E-state index contributed by atoms with van der Waals surface area (Å²) in [6.07, 6.45) is 1.81. The summed E-state index contributed by atoms with van der Waals surface area (Å²) in [6, 6.07) is 10.5. The van der Waals surface area contributed by atoms with E-state index in [4.69, 9.17) is 9.47 Å². The van der Waals surface area contributed by atoms with Crippen molar-refractivity contribution >= 4 is 29.0 Å². The molecule has 2 aromatic carbocycles. The van der Waals surface area contributed by atoms with Crippen molar-refractivity contribution in [2.24, 2.45) is 0 Å². The molecule has 1 N–H and O–H groups in total. The van der Waals surface area contributed by atoms with Crippen molar-refractivity contribution in [3.05, 3.63) is 42.2 Å². The van der Waals surface area contributed by atoms with E-state index >= 15 is 0 Å². The van der Waals surface area contributed by atoms with Gasteiger partial charge in [-0.3, -0.25) is 9.69 Å². The number of benzene rings is 2. The number of carbonyl (C=O) groups is 1. The third kappa shape index (κ3) is 4.06. The van der Waals surface area contributed by atoms with Crippen molar-refractivity contribution < 1.29 is 18.7 Å². The lowest BCUT2D eigenvalue weighted by molar-refractivity contribution is -0.115. The second-order valence-corrected chi connectivity index (χ2v) is 8.99. The third-order valence-electron chi connectivity index (χ3n) is 5.80. The smallest absolute Gasteiger partial charge is 0.237 e. The Balaban J connectivity index is 1.10. The predicted molar refractivity (Wildman–Crippen MR) is 115 cm³/mol. The lowest BCUT2D eigenvalue weighted by atomic mass is 10.1. The van der Waals surface area contributed by atoms with Gasteiger partial charge in [0.05, 0.1) is 10.9 Å². The molecular weight excluding hydrogens is 405 g/mol. The molecule has 1 saturated heterocycles. The SMILES string of the molecule is O=C1Nc2cc3c(cc2SC1CCCN1CCN(c2ccc(F)cc2)CC1)OCO3. The van der Waals surface area contributed by atoms with Crippen molar-refractivity contribution in [1.29, 1.82) is 0 Å². The van der Waals surface area contributed by atoms with Crippen molar-refractivity contribution in [2.45, 2.75) is 23.0 Å². The molecule has 0 aliphatic carbocycles. The zero-order valence-electron chi connectivity index (χ0n) is 16.6. The normalized spacial score (nSPS) is 20.8. The van der Waals surface area contributed by atoms with Crippen LogP contribution >= 0.6 is 11.8 Å². The van der Waals surface area contributed by atoms with Gasteiger partial charge in [0.1, 0.15) is 5.82 Å². The molecule has 3 aliphatic heterocycles. The Labute approximate surface area is 179 Å². The van der Waals surface area contributed by atoms with E-state index in [9.17, 15) is 9.18 Å². The Morgan fingerprint density at radius 3 is 2.57 bits per heavy atom. The number of amides is 1. The van der Waals surface area contributed by atoms with Crippen LogP contribution in [0.4, 0.5) is 15.8 Å². The molecule has 2 aromatic rings. The molecule has 30 heavy (non-hydrogen) atoms. The largest absolute Gasteiger partial charge is 0.454 e. The fourth-order valence-electron chi connectivity index (χ4n) is 4.11. The molecule has 158 valence electrons. The van der Waals surface area contributed by atoms with Crippen molar-refractivity contribution in [3.8, 4) is 11.5 Å². The van der Waals surface area contributed by atoms with Gasteiger partial charge in [-0.25, -0.2) is 4.39 Å². The van der Waals surface area contributed by atoms with Crippen LogP contribution < -0.4 is 19.7 Å². The lowest BCUT2D eigenvalue weighted by Gasteiger charge is -2.36.